The number of benzene rings is 1. The number of allylic oxidation sites excluding steroid dienone is 2. The monoisotopic (exact) mass is 333 g/mol. The zero-order valence-electron chi connectivity index (χ0n) is 13.1. The lowest BCUT2D eigenvalue weighted by Gasteiger charge is -2.28. The average Bonchev–Trinajstić information content (AvgIpc) is 3.01. The van der Waals surface area contributed by atoms with Crippen molar-refractivity contribution in [2.45, 2.75) is 24.8 Å². The zero-order chi connectivity index (χ0) is 17.0. The lowest BCUT2D eigenvalue weighted by atomic mass is 10.2. The maximum atomic E-state index is 13.0. The van der Waals surface area contributed by atoms with E-state index in [-0.39, 0.29) is 17.2 Å². The molecule has 1 aromatic carbocycles. The number of hydrogen-bond donors (Lipinski definition) is 0. The molecule has 0 saturated carbocycles. The van der Waals surface area contributed by atoms with Gasteiger partial charge in [-0.05, 0) is 26.0 Å². The lowest BCUT2D eigenvalue weighted by Crippen LogP contribution is -2.39. The van der Waals surface area contributed by atoms with E-state index in [1.807, 2.05) is 6.92 Å². The van der Waals surface area contributed by atoms with Crippen LogP contribution in [0, 0.1) is 6.92 Å². The van der Waals surface area contributed by atoms with Gasteiger partial charge in [0.05, 0.1) is 17.5 Å². The predicted octanol–water partition coefficient (Wildman–Crippen LogP) is 2.56. The molecule has 0 radical (unpaired) electrons. The first-order chi connectivity index (χ1) is 10.9. The van der Waals surface area contributed by atoms with Gasteiger partial charge >= 0.3 is 5.97 Å². The summed E-state index contributed by atoms with van der Waals surface area (Å²) in [5.74, 6) is -0.753. The first-order valence-electron chi connectivity index (χ1n) is 7.20. The Kier molecular flexibility index (Phi) is 5.05. The van der Waals surface area contributed by atoms with E-state index >= 15 is 0 Å². The van der Waals surface area contributed by atoms with Gasteiger partial charge in [0.2, 0.25) is 0 Å². The third-order valence-electron chi connectivity index (χ3n) is 3.35. The summed E-state index contributed by atoms with van der Waals surface area (Å²) < 4.78 is 31.8. The van der Waals surface area contributed by atoms with Crippen molar-refractivity contribution in [2.75, 3.05) is 6.61 Å². The Hall–Kier alpha value is -2.34. The smallest absolute Gasteiger partial charge is 0.355 e. The largest absolute Gasteiger partial charge is 0.461 e. The van der Waals surface area contributed by atoms with Crippen molar-refractivity contribution in [1.82, 2.24) is 4.31 Å². The molecule has 122 valence electrons. The molecule has 0 saturated heterocycles. The molecule has 2 rings (SSSR count). The topological polar surface area (TPSA) is 63.7 Å². The van der Waals surface area contributed by atoms with E-state index in [9.17, 15) is 13.2 Å². The van der Waals surface area contributed by atoms with Crippen LogP contribution < -0.4 is 0 Å². The van der Waals surface area contributed by atoms with E-state index in [2.05, 4.69) is 6.58 Å². The lowest BCUT2D eigenvalue weighted by molar-refractivity contribution is -0.139. The van der Waals surface area contributed by atoms with Crippen molar-refractivity contribution < 1.29 is 17.9 Å². The normalized spacial score (nSPS) is 14.0. The van der Waals surface area contributed by atoms with Gasteiger partial charge < -0.3 is 4.74 Å². The molecule has 0 amide bonds. The summed E-state index contributed by atoms with van der Waals surface area (Å²) in [4.78, 5) is 12.1. The summed E-state index contributed by atoms with van der Waals surface area (Å²) >= 11 is 0. The minimum atomic E-state index is -3.93. The second-order valence-corrected chi connectivity index (χ2v) is 6.86. The van der Waals surface area contributed by atoms with Gasteiger partial charge in [-0.25, -0.2) is 17.5 Å². The molecule has 0 unspecified atom stereocenters. The Labute approximate surface area is 136 Å². The number of rotatable bonds is 6. The fourth-order valence-corrected chi connectivity index (χ4v) is 3.72. The summed E-state index contributed by atoms with van der Waals surface area (Å²) in [5.41, 5.74) is 0.731. The molecule has 23 heavy (non-hydrogen) atoms. The van der Waals surface area contributed by atoms with Crippen LogP contribution in [0.2, 0.25) is 0 Å². The number of carbonyl (C=O) groups excluding carboxylic acids is 1. The van der Waals surface area contributed by atoms with Gasteiger partial charge in [0.25, 0.3) is 10.0 Å². The molecule has 0 spiro atoms. The van der Waals surface area contributed by atoms with Gasteiger partial charge in [-0.2, -0.15) is 0 Å². The van der Waals surface area contributed by atoms with Crippen LogP contribution in [-0.4, -0.2) is 31.3 Å². The van der Waals surface area contributed by atoms with Crippen LogP contribution in [0.5, 0.6) is 0 Å². The van der Waals surface area contributed by atoms with Gasteiger partial charge in [-0.15, -0.1) is 0 Å². The van der Waals surface area contributed by atoms with Crippen LogP contribution in [0.1, 0.15) is 12.5 Å². The molecule has 0 N–H and O–H groups in total. The van der Waals surface area contributed by atoms with Crippen molar-refractivity contribution in [3.8, 4) is 0 Å². The predicted molar refractivity (Wildman–Crippen MR) is 88.0 cm³/mol. The van der Waals surface area contributed by atoms with Gasteiger partial charge in [0, 0.05) is 0 Å². The third-order valence-corrected chi connectivity index (χ3v) is 5.20. The van der Waals surface area contributed by atoms with Gasteiger partial charge in [-0.3, -0.25) is 0 Å². The molecule has 1 aromatic rings. The average molecular weight is 333 g/mol. The molecule has 0 aliphatic heterocycles. The molecule has 6 heteroatoms. The fraction of sp³-hybridized carbons (Fsp3) is 0.235. The van der Waals surface area contributed by atoms with Crippen molar-refractivity contribution in [3.63, 3.8) is 0 Å². The van der Waals surface area contributed by atoms with Crippen LogP contribution in [0.25, 0.3) is 0 Å². The van der Waals surface area contributed by atoms with E-state index in [0.717, 1.165) is 9.87 Å². The van der Waals surface area contributed by atoms with Crippen LogP contribution in [0.15, 0.2) is 65.7 Å². The highest BCUT2D eigenvalue weighted by Gasteiger charge is 2.34. The van der Waals surface area contributed by atoms with Crippen molar-refractivity contribution >= 4 is 16.0 Å². The van der Waals surface area contributed by atoms with Crippen LogP contribution in [0.3, 0.4) is 0 Å². The molecule has 1 aliphatic rings. The second kappa shape index (κ2) is 6.83. The number of esters is 1. The molecular formula is C17H19NO4S. The maximum absolute atomic E-state index is 13.0. The van der Waals surface area contributed by atoms with E-state index in [1.165, 1.54) is 12.1 Å². The van der Waals surface area contributed by atoms with Crippen molar-refractivity contribution in [1.29, 1.82) is 0 Å². The number of hydrogen-bond acceptors (Lipinski definition) is 4. The van der Waals surface area contributed by atoms with Gasteiger partial charge in [0.15, 0.2) is 0 Å². The molecular weight excluding hydrogens is 314 g/mol. The third kappa shape index (κ3) is 3.53. The fourth-order valence-electron chi connectivity index (χ4n) is 2.19. The summed E-state index contributed by atoms with van der Waals surface area (Å²) in [6, 6.07) is 5.84. The number of ether oxygens (including phenoxy) is 1. The molecule has 0 aromatic heterocycles. The first kappa shape index (κ1) is 17.0. The van der Waals surface area contributed by atoms with E-state index in [1.54, 1.807) is 43.4 Å². The SMILES string of the molecule is C=C(C(=O)OCC)N(C1C=CC=C1)S(=O)(=O)c1ccc(C)cc1. The summed E-state index contributed by atoms with van der Waals surface area (Å²) in [5, 5.41) is 0. The van der Waals surface area contributed by atoms with Crippen molar-refractivity contribution in [2.24, 2.45) is 0 Å². The molecule has 5 nitrogen and oxygen atoms in total. The summed E-state index contributed by atoms with van der Waals surface area (Å²) in [6.07, 6.45) is 6.80. The Bertz CT molecular complexity index is 748. The highest BCUT2D eigenvalue weighted by atomic mass is 32.2. The van der Waals surface area contributed by atoms with E-state index in [0.29, 0.717) is 0 Å². The zero-order valence-corrected chi connectivity index (χ0v) is 13.9. The van der Waals surface area contributed by atoms with Crippen molar-refractivity contribution in [3.05, 3.63) is 66.4 Å². The summed E-state index contributed by atoms with van der Waals surface area (Å²) in [7, 11) is -3.93. The van der Waals surface area contributed by atoms with E-state index in [4.69, 9.17) is 4.74 Å². The van der Waals surface area contributed by atoms with Crippen LogP contribution in [-0.2, 0) is 19.6 Å². The Morgan fingerprint density at radius 1 is 1.22 bits per heavy atom. The molecule has 0 fully saturated rings. The Balaban J connectivity index is 2.46. The second-order valence-electron chi connectivity index (χ2n) is 5.04. The highest BCUT2D eigenvalue weighted by molar-refractivity contribution is 7.89. The van der Waals surface area contributed by atoms with E-state index < -0.39 is 22.0 Å². The van der Waals surface area contributed by atoms with Crippen LogP contribution in [0.4, 0.5) is 0 Å². The number of aryl methyl sites for hydroxylation is 1. The molecule has 1 aliphatic carbocycles. The molecule has 0 atom stereocenters. The number of nitrogens with zero attached hydrogens (tertiary/aromatic N) is 1. The van der Waals surface area contributed by atoms with Gasteiger partial charge in [-0.1, -0.05) is 48.6 Å². The standard InChI is InChI=1S/C17H19NO4S/c1-4-22-17(19)14(3)18(15-7-5-6-8-15)23(20,21)16-11-9-13(2)10-12-16/h5-12,15H,3-4H2,1-2H3. The molecule has 0 bridgehead atoms. The molecule has 0 heterocycles. The Morgan fingerprint density at radius 2 is 1.78 bits per heavy atom. The first-order valence-corrected chi connectivity index (χ1v) is 8.64. The number of carbonyl (C=O) groups is 1. The minimum absolute atomic E-state index is 0.0993. The summed E-state index contributed by atoms with van der Waals surface area (Å²) in [6.45, 7) is 7.30. The van der Waals surface area contributed by atoms with Crippen LogP contribution >= 0.6 is 0 Å². The quantitative estimate of drug-likeness (QED) is 0.593. The number of sulfonamides is 1. The highest BCUT2D eigenvalue weighted by Crippen LogP contribution is 2.26. The van der Waals surface area contributed by atoms with Gasteiger partial charge in [0.1, 0.15) is 5.70 Å². The Morgan fingerprint density at radius 3 is 2.30 bits per heavy atom. The maximum Gasteiger partial charge on any atom is 0.355 e. The minimum Gasteiger partial charge on any atom is -0.461 e.